The largest absolute Gasteiger partial charge is 0.359 e. The molecule has 1 aromatic carbocycles. The Morgan fingerprint density at radius 3 is 2.62 bits per heavy atom. The summed E-state index contributed by atoms with van der Waals surface area (Å²) < 4.78 is 22.2. The van der Waals surface area contributed by atoms with E-state index in [1.807, 2.05) is 42.2 Å². The van der Waals surface area contributed by atoms with Gasteiger partial charge in [-0.1, -0.05) is 18.2 Å². The van der Waals surface area contributed by atoms with Gasteiger partial charge in [-0.05, 0) is 19.1 Å². The smallest absolute Gasteiger partial charge is 0.102 e. The third kappa shape index (κ3) is 1.39. The molecule has 2 heteroatoms. The van der Waals surface area contributed by atoms with Crippen molar-refractivity contribution in [2.45, 2.75) is 13.1 Å². The summed E-state index contributed by atoms with van der Waals surface area (Å²) in [6, 6.07) is 9.74. The summed E-state index contributed by atoms with van der Waals surface area (Å²) in [6.07, 6.45) is 3.23. The van der Waals surface area contributed by atoms with Crippen LogP contribution in [0.2, 0.25) is 0 Å². The van der Waals surface area contributed by atoms with Gasteiger partial charge in [0.1, 0.15) is 6.17 Å². The Morgan fingerprint density at radius 2 is 2.00 bits per heavy atom. The lowest BCUT2D eigenvalue weighted by atomic mass is 10.3. The second-order valence-electron chi connectivity index (χ2n) is 3.08. The standard InChI is InChI=1S/C11H14N2/c1-10-12(2)8-9-13(10)11-6-4-3-5-7-11/h3-10H,1-2H3/i2D3. The van der Waals surface area contributed by atoms with Gasteiger partial charge >= 0.3 is 0 Å². The van der Waals surface area contributed by atoms with Crippen molar-refractivity contribution < 1.29 is 4.11 Å². The third-order valence-electron chi connectivity index (χ3n) is 2.25. The van der Waals surface area contributed by atoms with E-state index in [1.54, 1.807) is 12.4 Å². The van der Waals surface area contributed by atoms with E-state index >= 15 is 0 Å². The number of nitrogens with zero attached hydrogens (tertiary/aromatic N) is 2. The molecular weight excluding hydrogens is 160 g/mol. The van der Waals surface area contributed by atoms with E-state index < -0.39 is 6.98 Å². The van der Waals surface area contributed by atoms with Crippen molar-refractivity contribution in [1.29, 1.82) is 0 Å². The van der Waals surface area contributed by atoms with Gasteiger partial charge in [-0.25, -0.2) is 0 Å². The van der Waals surface area contributed by atoms with Crippen LogP contribution in [0.25, 0.3) is 0 Å². The van der Waals surface area contributed by atoms with E-state index in [-0.39, 0.29) is 6.17 Å². The number of para-hydroxylation sites is 1. The minimum absolute atomic E-state index is 0.185. The number of benzene rings is 1. The molecule has 0 fully saturated rings. The van der Waals surface area contributed by atoms with Crippen molar-refractivity contribution in [2.75, 3.05) is 11.9 Å². The van der Waals surface area contributed by atoms with Crippen LogP contribution in [0.15, 0.2) is 42.7 Å². The molecule has 0 spiro atoms. The zero-order valence-electron chi connectivity index (χ0n) is 10.5. The van der Waals surface area contributed by atoms with Crippen LogP contribution in [0.4, 0.5) is 5.69 Å². The lowest BCUT2D eigenvalue weighted by Crippen LogP contribution is -2.33. The van der Waals surface area contributed by atoms with Crippen molar-refractivity contribution in [2.24, 2.45) is 0 Å². The van der Waals surface area contributed by atoms with Crippen molar-refractivity contribution >= 4 is 5.69 Å². The fourth-order valence-electron chi connectivity index (χ4n) is 1.43. The molecule has 0 saturated carbocycles. The molecule has 2 nitrogen and oxygen atoms in total. The Labute approximate surface area is 83.3 Å². The molecule has 0 bridgehead atoms. The van der Waals surface area contributed by atoms with Crippen LogP contribution < -0.4 is 4.90 Å². The number of hydrogen-bond donors (Lipinski definition) is 0. The van der Waals surface area contributed by atoms with Gasteiger partial charge in [0.2, 0.25) is 0 Å². The van der Waals surface area contributed by atoms with E-state index in [9.17, 15) is 0 Å². The first kappa shape index (κ1) is 5.32. The monoisotopic (exact) mass is 177 g/mol. The fourth-order valence-corrected chi connectivity index (χ4v) is 1.43. The number of hydrogen-bond acceptors (Lipinski definition) is 2. The highest BCUT2D eigenvalue weighted by atomic mass is 15.4. The second kappa shape index (κ2) is 3.13. The summed E-state index contributed by atoms with van der Waals surface area (Å²) >= 11 is 0. The average Bonchev–Trinajstić information content (AvgIpc) is 2.61. The van der Waals surface area contributed by atoms with E-state index in [2.05, 4.69) is 0 Å². The van der Waals surface area contributed by atoms with Crippen molar-refractivity contribution in [3.8, 4) is 0 Å². The van der Waals surface area contributed by atoms with Gasteiger partial charge < -0.3 is 9.80 Å². The topological polar surface area (TPSA) is 6.48 Å². The summed E-state index contributed by atoms with van der Waals surface area (Å²) in [5.74, 6) is 0. The van der Waals surface area contributed by atoms with Crippen LogP contribution in [0.1, 0.15) is 11.0 Å². The molecule has 0 saturated heterocycles. The number of anilines is 1. The molecule has 68 valence electrons. The first-order valence-corrected chi connectivity index (χ1v) is 4.30. The van der Waals surface area contributed by atoms with Crippen LogP contribution in [0.3, 0.4) is 0 Å². The summed E-state index contributed by atoms with van der Waals surface area (Å²) in [7, 11) is 0. The highest BCUT2D eigenvalue weighted by molar-refractivity contribution is 5.51. The molecule has 1 aliphatic heterocycles. The Balaban J connectivity index is 2.21. The van der Waals surface area contributed by atoms with Crippen LogP contribution in [-0.4, -0.2) is 18.0 Å². The van der Waals surface area contributed by atoms with E-state index in [0.717, 1.165) is 5.69 Å². The summed E-state index contributed by atoms with van der Waals surface area (Å²) in [4.78, 5) is 3.31. The zero-order chi connectivity index (χ0) is 11.8. The van der Waals surface area contributed by atoms with Gasteiger partial charge in [0, 0.05) is 29.2 Å². The van der Waals surface area contributed by atoms with Gasteiger partial charge in [0.05, 0.1) is 0 Å². The molecule has 1 atom stereocenters. The number of rotatable bonds is 1. The van der Waals surface area contributed by atoms with Crippen LogP contribution in [0.5, 0.6) is 0 Å². The summed E-state index contributed by atoms with van der Waals surface area (Å²) in [5, 5.41) is 0. The SMILES string of the molecule is [2H]C([2H])([2H])N1C=CN(c2ccccc2)C1C. The predicted molar refractivity (Wildman–Crippen MR) is 55.3 cm³/mol. The molecule has 0 aromatic heterocycles. The van der Waals surface area contributed by atoms with Crippen LogP contribution in [-0.2, 0) is 0 Å². The molecule has 0 N–H and O–H groups in total. The predicted octanol–water partition coefficient (Wildman–Crippen LogP) is 2.26. The van der Waals surface area contributed by atoms with Gasteiger partial charge in [0.15, 0.2) is 0 Å². The molecule has 0 radical (unpaired) electrons. The van der Waals surface area contributed by atoms with Gasteiger partial charge in [-0.2, -0.15) is 0 Å². The second-order valence-corrected chi connectivity index (χ2v) is 3.08. The molecule has 1 aromatic rings. The lowest BCUT2D eigenvalue weighted by molar-refractivity contribution is 0.383. The first-order chi connectivity index (χ1) is 7.50. The van der Waals surface area contributed by atoms with Crippen molar-refractivity contribution in [3.05, 3.63) is 42.7 Å². The minimum Gasteiger partial charge on any atom is -0.359 e. The molecule has 0 aliphatic carbocycles. The van der Waals surface area contributed by atoms with E-state index in [1.165, 1.54) is 4.90 Å². The van der Waals surface area contributed by atoms with E-state index in [0.29, 0.717) is 0 Å². The van der Waals surface area contributed by atoms with Crippen LogP contribution in [0, 0.1) is 0 Å². The van der Waals surface area contributed by atoms with Crippen LogP contribution >= 0.6 is 0 Å². The Bertz CT molecular complexity index is 386. The maximum atomic E-state index is 7.39. The normalized spacial score (nSPS) is 25.6. The van der Waals surface area contributed by atoms with Crippen molar-refractivity contribution in [1.82, 2.24) is 4.90 Å². The Hall–Kier alpha value is -1.44. The van der Waals surface area contributed by atoms with Crippen molar-refractivity contribution in [3.63, 3.8) is 0 Å². The zero-order valence-corrected chi connectivity index (χ0v) is 7.51. The highest BCUT2D eigenvalue weighted by Gasteiger charge is 2.19. The third-order valence-corrected chi connectivity index (χ3v) is 2.25. The average molecular weight is 177 g/mol. The van der Waals surface area contributed by atoms with Gasteiger partial charge in [-0.3, -0.25) is 0 Å². The van der Waals surface area contributed by atoms with E-state index in [4.69, 9.17) is 4.11 Å². The quantitative estimate of drug-likeness (QED) is 0.649. The maximum Gasteiger partial charge on any atom is 0.102 e. The first-order valence-electron chi connectivity index (χ1n) is 5.80. The molecule has 0 amide bonds. The highest BCUT2D eigenvalue weighted by Crippen LogP contribution is 2.22. The minimum atomic E-state index is -2.08. The summed E-state index contributed by atoms with van der Waals surface area (Å²) in [6.45, 7) is -0.210. The van der Waals surface area contributed by atoms with Gasteiger partial charge in [-0.15, -0.1) is 0 Å². The van der Waals surface area contributed by atoms with Gasteiger partial charge in [0.25, 0.3) is 0 Å². The molecule has 13 heavy (non-hydrogen) atoms. The fraction of sp³-hybridized carbons (Fsp3) is 0.273. The molecule has 1 heterocycles. The molecule has 1 aliphatic rings. The maximum absolute atomic E-state index is 7.39. The summed E-state index contributed by atoms with van der Waals surface area (Å²) in [5.41, 5.74) is 0.998. The molecular formula is C11H14N2. The Kier molecular flexibility index (Phi) is 1.28. The lowest BCUT2D eigenvalue weighted by Gasteiger charge is -2.26. The molecule has 1 unspecified atom stereocenters. The Morgan fingerprint density at radius 1 is 1.23 bits per heavy atom. The molecule has 2 rings (SSSR count).